The van der Waals surface area contributed by atoms with Crippen molar-refractivity contribution in [2.45, 2.75) is 30.8 Å². The summed E-state index contributed by atoms with van der Waals surface area (Å²) in [6.07, 6.45) is 1.61. The Kier molecular flexibility index (Phi) is 5.18. The number of nitrogens with one attached hydrogen (secondary N) is 1. The van der Waals surface area contributed by atoms with Gasteiger partial charge in [0.05, 0.1) is 5.75 Å². The van der Waals surface area contributed by atoms with Gasteiger partial charge in [-0.1, -0.05) is 42.1 Å². The highest BCUT2D eigenvalue weighted by atomic mass is 32.2. The number of anilines is 1. The number of nitrogen functional groups attached to an aromatic ring is 1. The number of hydrogen-bond donors (Lipinski definition) is 2. The first-order valence-corrected chi connectivity index (χ1v) is 11.9. The van der Waals surface area contributed by atoms with Crippen LogP contribution in [0.1, 0.15) is 35.1 Å². The largest absolute Gasteiger partial charge is 0.384 e. The van der Waals surface area contributed by atoms with Gasteiger partial charge in [-0.3, -0.25) is 19.1 Å². The van der Waals surface area contributed by atoms with Crippen molar-refractivity contribution in [2.75, 3.05) is 11.5 Å². The van der Waals surface area contributed by atoms with Gasteiger partial charge in [-0.05, 0) is 31.4 Å². The lowest BCUT2D eigenvalue weighted by atomic mass is 10.2. The van der Waals surface area contributed by atoms with Crippen LogP contribution in [-0.2, 0) is 0 Å². The molecular weight excluding hydrogens is 446 g/mol. The number of thioether (sulfide) groups is 1. The van der Waals surface area contributed by atoms with Crippen LogP contribution >= 0.6 is 23.1 Å². The van der Waals surface area contributed by atoms with Crippen molar-refractivity contribution in [1.82, 2.24) is 19.5 Å². The van der Waals surface area contributed by atoms with Gasteiger partial charge in [0.1, 0.15) is 27.1 Å². The zero-order chi connectivity index (χ0) is 22.4. The Bertz CT molecular complexity index is 1470. The molecule has 0 spiro atoms. The van der Waals surface area contributed by atoms with E-state index in [0.29, 0.717) is 10.9 Å². The Morgan fingerprint density at radius 1 is 1.25 bits per heavy atom. The van der Waals surface area contributed by atoms with Gasteiger partial charge in [0.25, 0.3) is 5.56 Å². The number of aromatic nitrogens is 4. The van der Waals surface area contributed by atoms with Crippen LogP contribution < -0.4 is 17.0 Å². The number of fused-ring (bicyclic) bond motifs is 1. The second-order valence-corrected chi connectivity index (χ2v) is 9.60. The van der Waals surface area contributed by atoms with Gasteiger partial charge in [-0.15, -0.1) is 11.3 Å². The van der Waals surface area contributed by atoms with E-state index >= 15 is 0 Å². The zero-order valence-electron chi connectivity index (χ0n) is 17.1. The summed E-state index contributed by atoms with van der Waals surface area (Å²) in [5, 5.41) is 1.53. The molecule has 0 atom stereocenters. The molecule has 1 aliphatic carbocycles. The molecule has 32 heavy (non-hydrogen) atoms. The van der Waals surface area contributed by atoms with Crippen LogP contribution in [0.15, 0.2) is 51.0 Å². The summed E-state index contributed by atoms with van der Waals surface area (Å²) in [4.78, 5) is 50.6. The second kappa shape index (κ2) is 8.03. The van der Waals surface area contributed by atoms with Crippen molar-refractivity contribution in [3.63, 3.8) is 0 Å². The van der Waals surface area contributed by atoms with Crippen LogP contribution in [0.5, 0.6) is 0 Å². The number of nitrogens with zero attached hydrogens (tertiary/aromatic N) is 3. The molecule has 8 nitrogen and oxygen atoms in total. The van der Waals surface area contributed by atoms with E-state index in [1.807, 2.05) is 36.4 Å². The maximum absolute atomic E-state index is 12.9. The number of hydrogen-bond acceptors (Lipinski definition) is 8. The van der Waals surface area contributed by atoms with Gasteiger partial charge in [-0.2, -0.15) is 0 Å². The summed E-state index contributed by atoms with van der Waals surface area (Å²) >= 11 is 2.80. The fourth-order valence-electron chi connectivity index (χ4n) is 3.59. The lowest BCUT2D eigenvalue weighted by Crippen LogP contribution is -2.36. The number of benzene rings is 1. The van der Waals surface area contributed by atoms with Gasteiger partial charge < -0.3 is 5.73 Å². The molecule has 3 aromatic heterocycles. The van der Waals surface area contributed by atoms with Crippen molar-refractivity contribution in [2.24, 2.45) is 0 Å². The predicted molar refractivity (Wildman–Crippen MR) is 127 cm³/mol. The normalized spacial score (nSPS) is 13.5. The van der Waals surface area contributed by atoms with Crippen LogP contribution in [0.2, 0.25) is 0 Å². The highest BCUT2D eigenvalue weighted by Gasteiger charge is 2.30. The third kappa shape index (κ3) is 3.76. The number of Topliss-reactive ketones (excluding diaryl/α,β-unsaturated/α-hetero) is 1. The SMILES string of the molecule is Cc1nc(SCC(=O)c2c(N)n(C3CC3)c(=O)[nH]c2=O)c2cc(-c3ccccc3)sc2n1. The van der Waals surface area contributed by atoms with E-state index in [-0.39, 0.29) is 23.2 Å². The first-order valence-electron chi connectivity index (χ1n) is 10.1. The van der Waals surface area contributed by atoms with E-state index in [9.17, 15) is 14.4 Å². The molecule has 0 bridgehead atoms. The van der Waals surface area contributed by atoms with Gasteiger partial charge in [-0.25, -0.2) is 14.8 Å². The molecule has 162 valence electrons. The number of H-pyrrole nitrogens is 1. The van der Waals surface area contributed by atoms with Crippen molar-refractivity contribution in [1.29, 1.82) is 0 Å². The zero-order valence-corrected chi connectivity index (χ0v) is 18.8. The third-order valence-electron chi connectivity index (χ3n) is 5.24. The van der Waals surface area contributed by atoms with E-state index in [1.165, 1.54) is 16.3 Å². The average Bonchev–Trinajstić information content (AvgIpc) is 3.49. The fraction of sp³-hybridized carbons (Fsp3) is 0.227. The minimum Gasteiger partial charge on any atom is -0.384 e. The van der Waals surface area contributed by atoms with Gasteiger partial charge >= 0.3 is 5.69 Å². The van der Waals surface area contributed by atoms with Crippen LogP contribution in [0.4, 0.5) is 5.82 Å². The summed E-state index contributed by atoms with van der Waals surface area (Å²) in [5.41, 5.74) is 5.67. The molecule has 1 aromatic carbocycles. The summed E-state index contributed by atoms with van der Waals surface area (Å²) in [6.45, 7) is 1.81. The first-order chi connectivity index (χ1) is 15.4. The summed E-state index contributed by atoms with van der Waals surface area (Å²) in [6, 6.07) is 12.0. The van der Waals surface area contributed by atoms with Crippen molar-refractivity contribution < 1.29 is 4.79 Å². The number of nitrogens with two attached hydrogens (primary N) is 1. The summed E-state index contributed by atoms with van der Waals surface area (Å²) in [7, 11) is 0. The van der Waals surface area contributed by atoms with E-state index in [2.05, 4.69) is 15.0 Å². The predicted octanol–water partition coefficient (Wildman–Crippen LogP) is 3.41. The monoisotopic (exact) mass is 465 g/mol. The molecule has 10 heteroatoms. The Hall–Kier alpha value is -3.24. The van der Waals surface area contributed by atoms with Crippen LogP contribution in [0.25, 0.3) is 20.7 Å². The molecule has 5 rings (SSSR count). The molecule has 1 fully saturated rings. The Balaban J connectivity index is 1.46. The number of carbonyl (C=O) groups excluding carboxylic acids is 1. The fourth-order valence-corrected chi connectivity index (χ4v) is 5.66. The molecule has 3 heterocycles. The highest BCUT2D eigenvalue weighted by Crippen LogP contribution is 2.37. The molecular formula is C22H19N5O3S2. The number of aryl methyl sites for hydroxylation is 1. The molecule has 0 aliphatic heterocycles. The molecule has 0 radical (unpaired) electrons. The lowest BCUT2D eigenvalue weighted by molar-refractivity contribution is 0.102. The molecule has 1 saturated carbocycles. The molecule has 4 aromatic rings. The van der Waals surface area contributed by atoms with E-state index in [0.717, 1.165) is 33.5 Å². The number of aromatic amines is 1. The molecule has 0 saturated heterocycles. The summed E-state index contributed by atoms with van der Waals surface area (Å²) < 4.78 is 1.32. The number of thiophene rings is 1. The Labute approximate surface area is 190 Å². The van der Waals surface area contributed by atoms with Gasteiger partial charge in [0, 0.05) is 16.3 Å². The Morgan fingerprint density at radius 3 is 2.72 bits per heavy atom. The van der Waals surface area contributed by atoms with Gasteiger partial charge in [0.15, 0.2) is 5.78 Å². The minimum atomic E-state index is -0.749. The molecule has 0 unspecified atom stereocenters. The first kappa shape index (κ1) is 20.7. The smallest absolute Gasteiger partial charge is 0.330 e. The molecule has 0 amide bonds. The van der Waals surface area contributed by atoms with Crippen molar-refractivity contribution in [3.8, 4) is 10.4 Å². The van der Waals surface area contributed by atoms with Crippen molar-refractivity contribution in [3.05, 3.63) is 68.6 Å². The van der Waals surface area contributed by atoms with E-state index in [1.54, 1.807) is 18.3 Å². The minimum absolute atomic E-state index is 0.0295. The molecule has 1 aliphatic rings. The van der Waals surface area contributed by atoms with Crippen LogP contribution in [0.3, 0.4) is 0 Å². The number of rotatable bonds is 6. The van der Waals surface area contributed by atoms with E-state index in [4.69, 9.17) is 5.73 Å². The number of carbonyl (C=O) groups is 1. The molecule has 3 N–H and O–H groups in total. The lowest BCUT2D eigenvalue weighted by Gasteiger charge is -2.11. The average molecular weight is 466 g/mol. The van der Waals surface area contributed by atoms with E-state index < -0.39 is 17.0 Å². The topological polar surface area (TPSA) is 124 Å². The van der Waals surface area contributed by atoms with Gasteiger partial charge in [0.2, 0.25) is 0 Å². The standard InChI is InChI=1S/C22H19N5O3S2/c1-11-24-20(14-9-16(32-21(14)25-11)12-5-3-2-4-6-12)31-10-15(28)17-18(23)27(13-7-8-13)22(30)26-19(17)29/h2-6,9,13H,7-8,10,23H2,1H3,(H,26,29,30). The third-order valence-corrected chi connectivity index (χ3v) is 7.31. The van der Waals surface area contributed by atoms with Crippen LogP contribution in [-0.4, -0.2) is 31.1 Å². The quantitative estimate of drug-likeness (QED) is 0.254. The van der Waals surface area contributed by atoms with Crippen molar-refractivity contribution >= 4 is 44.9 Å². The summed E-state index contributed by atoms with van der Waals surface area (Å²) in [5.74, 6) is 0.0792. The van der Waals surface area contributed by atoms with Crippen LogP contribution in [0, 0.1) is 6.92 Å². The second-order valence-electron chi connectivity index (χ2n) is 7.60. The Morgan fingerprint density at radius 2 is 2.00 bits per heavy atom. The number of ketones is 1. The highest BCUT2D eigenvalue weighted by molar-refractivity contribution is 8.00. The maximum atomic E-state index is 12.9. The maximum Gasteiger partial charge on any atom is 0.330 e.